The molecule has 3 aromatic carbocycles. The Balaban J connectivity index is 1.48. The van der Waals surface area contributed by atoms with E-state index in [0.717, 1.165) is 62.6 Å². The molecule has 0 N–H and O–H groups in total. The van der Waals surface area contributed by atoms with E-state index >= 15 is 0 Å². The first kappa shape index (κ1) is 22.5. The third-order valence-electron chi connectivity index (χ3n) is 6.57. The number of hydrogen-bond donors (Lipinski definition) is 0. The molecule has 0 aromatic heterocycles. The molecule has 0 amide bonds. The van der Waals surface area contributed by atoms with Crippen LogP contribution in [0.5, 0.6) is 0 Å². The van der Waals surface area contributed by atoms with Gasteiger partial charge >= 0.3 is 0 Å². The lowest BCUT2D eigenvalue weighted by atomic mass is 9.82. The van der Waals surface area contributed by atoms with Crippen LogP contribution in [-0.2, 0) is 0 Å². The summed E-state index contributed by atoms with van der Waals surface area (Å²) in [5.41, 5.74) is 7.62. The molecule has 0 bridgehead atoms. The van der Waals surface area contributed by atoms with E-state index in [1.807, 2.05) is 24.3 Å². The van der Waals surface area contributed by atoms with Gasteiger partial charge in [-0.1, -0.05) is 64.1 Å². The van der Waals surface area contributed by atoms with Gasteiger partial charge < -0.3 is 4.90 Å². The van der Waals surface area contributed by atoms with Gasteiger partial charge in [0.2, 0.25) is 0 Å². The fraction of sp³-hybridized carbons (Fsp3) is 0.138. The number of fused-ring (bicyclic) bond motifs is 1. The van der Waals surface area contributed by atoms with Crippen molar-refractivity contribution in [3.8, 4) is 0 Å². The maximum Gasteiger partial charge on any atom is 0.174 e. The summed E-state index contributed by atoms with van der Waals surface area (Å²) in [6, 6.07) is 21.6. The molecule has 2 heterocycles. The molecule has 3 aromatic rings. The quantitative estimate of drug-likeness (QED) is 0.326. The molecule has 0 unspecified atom stereocenters. The van der Waals surface area contributed by atoms with Gasteiger partial charge in [0, 0.05) is 9.88 Å². The van der Waals surface area contributed by atoms with Crippen molar-refractivity contribution in [1.82, 2.24) is 4.90 Å². The van der Waals surface area contributed by atoms with Crippen molar-refractivity contribution in [2.45, 2.75) is 25.3 Å². The maximum atomic E-state index is 13.9. The highest BCUT2D eigenvalue weighted by atomic mass is 79.9. The molecule has 0 radical (unpaired) electrons. The van der Waals surface area contributed by atoms with E-state index in [4.69, 9.17) is 4.99 Å². The number of rotatable bonds is 3. The van der Waals surface area contributed by atoms with Crippen LogP contribution in [0.25, 0.3) is 11.8 Å². The average Bonchev–Trinajstić information content (AvgIpc) is 3.29. The minimum Gasteiger partial charge on any atom is -0.308 e. The Hall–Kier alpha value is -2.96. The molecule has 1 atom stereocenters. The standard InChI is InChI=1S/C29H21BrF2N2S/c30-22-10-6-19(7-11-22)26-17-35-29-33-27-21(16-18-4-12-23(31)13-5-18)2-1-3-25(27)28(34(26)29)20-8-14-24(32)15-9-20/h4-17,28H,1-3H2/b21-16+/t28-/m0/s1. The molecule has 6 rings (SSSR count). The highest BCUT2D eigenvalue weighted by Gasteiger charge is 2.40. The molecule has 0 saturated heterocycles. The van der Waals surface area contributed by atoms with Crippen molar-refractivity contribution < 1.29 is 8.78 Å². The Morgan fingerprint density at radius 3 is 2.29 bits per heavy atom. The molecule has 3 aliphatic rings. The Bertz CT molecular complexity index is 1400. The largest absolute Gasteiger partial charge is 0.308 e. The number of nitrogens with zero attached hydrogens (tertiary/aromatic N) is 2. The molecule has 174 valence electrons. The molecular formula is C29H21BrF2N2S. The summed E-state index contributed by atoms with van der Waals surface area (Å²) >= 11 is 5.15. The van der Waals surface area contributed by atoms with E-state index in [1.54, 1.807) is 23.9 Å². The molecule has 35 heavy (non-hydrogen) atoms. The Kier molecular flexibility index (Phi) is 5.94. The van der Waals surface area contributed by atoms with Gasteiger partial charge in [0.25, 0.3) is 0 Å². The molecular weight excluding hydrogens is 526 g/mol. The second-order valence-corrected chi connectivity index (χ2v) is 10.5. The van der Waals surface area contributed by atoms with E-state index in [-0.39, 0.29) is 17.7 Å². The summed E-state index contributed by atoms with van der Waals surface area (Å²) in [6.07, 6.45) is 4.97. The van der Waals surface area contributed by atoms with E-state index < -0.39 is 0 Å². The van der Waals surface area contributed by atoms with Gasteiger partial charge in [-0.25, -0.2) is 13.8 Å². The SMILES string of the molecule is Fc1ccc(/C=C2\CCCC3=C2N=C2SC=C(c4ccc(Br)cc4)N2[C@H]3c2ccc(F)cc2)cc1. The second-order valence-electron chi connectivity index (χ2n) is 8.79. The number of thioether (sulfide) groups is 1. The van der Waals surface area contributed by atoms with E-state index in [1.165, 1.54) is 29.8 Å². The summed E-state index contributed by atoms with van der Waals surface area (Å²) in [6.45, 7) is 0. The van der Waals surface area contributed by atoms with Crippen LogP contribution in [0.2, 0.25) is 0 Å². The van der Waals surface area contributed by atoms with Gasteiger partial charge in [-0.2, -0.15) is 0 Å². The van der Waals surface area contributed by atoms with Gasteiger partial charge in [-0.05, 0) is 89.6 Å². The van der Waals surface area contributed by atoms with E-state index in [0.29, 0.717) is 0 Å². The molecule has 2 aliphatic heterocycles. The van der Waals surface area contributed by atoms with Crippen molar-refractivity contribution in [3.05, 3.63) is 128 Å². The van der Waals surface area contributed by atoms with Crippen LogP contribution in [0.1, 0.15) is 42.0 Å². The Morgan fingerprint density at radius 2 is 1.57 bits per heavy atom. The van der Waals surface area contributed by atoms with Crippen molar-refractivity contribution >= 4 is 44.6 Å². The first-order chi connectivity index (χ1) is 17.1. The fourth-order valence-electron chi connectivity index (χ4n) is 4.95. The predicted molar refractivity (Wildman–Crippen MR) is 143 cm³/mol. The summed E-state index contributed by atoms with van der Waals surface area (Å²) in [5, 5.41) is 3.07. The van der Waals surface area contributed by atoms with E-state index in [2.05, 4.69) is 44.4 Å². The molecule has 0 saturated carbocycles. The lowest BCUT2D eigenvalue weighted by Gasteiger charge is -2.40. The minimum absolute atomic E-state index is 0.0695. The Labute approximate surface area is 215 Å². The monoisotopic (exact) mass is 546 g/mol. The number of amidine groups is 1. The summed E-state index contributed by atoms with van der Waals surface area (Å²) in [7, 11) is 0. The van der Waals surface area contributed by atoms with Crippen molar-refractivity contribution in [1.29, 1.82) is 0 Å². The Morgan fingerprint density at radius 1 is 0.886 bits per heavy atom. The smallest absolute Gasteiger partial charge is 0.174 e. The summed E-state index contributed by atoms with van der Waals surface area (Å²) < 4.78 is 28.3. The molecule has 0 spiro atoms. The zero-order chi connectivity index (χ0) is 23.9. The number of hydrogen-bond acceptors (Lipinski definition) is 3. The van der Waals surface area contributed by atoms with Gasteiger partial charge in [-0.15, -0.1) is 0 Å². The molecule has 0 fully saturated rings. The summed E-state index contributed by atoms with van der Waals surface area (Å²) in [4.78, 5) is 7.45. The topological polar surface area (TPSA) is 15.6 Å². The van der Waals surface area contributed by atoms with Crippen LogP contribution in [-0.4, -0.2) is 10.1 Å². The first-order valence-electron chi connectivity index (χ1n) is 11.5. The normalized spacial score (nSPS) is 20.5. The van der Waals surface area contributed by atoms with Crippen molar-refractivity contribution in [2.75, 3.05) is 0 Å². The van der Waals surface area contributed by atoms with Crippen LogP contribution >= 0.6 is 27.7 Å². The maximum absolute atomic E-state index is 13.9. The van der Waals surface area contributed by atoms with Crippen molar-refractivity contribution in [2.24, 2.45) is 4.99 Å². The lowest BCUT2D eigenvalue weighted by Crippen LogP contribution is -2.34. The van der Waals surface area contributed by atoms with Crippen LogP contribution < -0.4 is 0 Å². The fourth-order valence-corrected chi connectivity index (χ4v) is 6.14. The lowest BCUT2D eigenvalue weighted by molar-refractivity contribution is 0.457. The third kappa shape index (κ3) is 4.30. The molecule has 1 aliphatic carbocycles. The first-order valence-corrected chi connectivity index (χ1v) is 13.2. The second kappa shape index (κ2) is 9.25. The third-order valence-corrected chi connectivity index (χ3v) is 7.94. The van der Waals surface area contributed by atoms with Gasteiger partial charge in [0.1, 0.15) is 11.6 Å². The number of benzene rings is 3. The highest BCUT2D eigenvalue weighted by Crippen LogP contribution is 2.51. The van der Waals surface area contributed by atoms with Gasteiger partial charge in [0.05, 0.1) is 17.4 Å². The summed E-state index contributed by atoms with van der Waals surface area (Å²) in [5.74, 6) is -0.484. The predicted octanol–water partition coefficient (Wildman–Crippen LogP) is 8.71. The van der Waals surface area contributed by atoms with Gasteiger partial charge in [0.15, 0.2) is 5.17 Å². The number of allylic oxidation sites excluding steroid dienone is 1. The number of halogens is 3. The van der Waals surface area contributed by atoms with E-state index in [9.17, 15) is 8.78 Å². The molecule has 2 nitrogen and oxygen atoms in total. The number of aliphatic imine (C=N–C) groups is 1. The van der Waals surface area contributed by atoms with Crippen LogP contribution in [0.15, 0.2) is 105 Å². The zero-order valence-electron chi connectivity index (χ0n) is 18.7. The van der Waals surface area contributed by atoms with Crippen LogP contribution in [0, 0.1) is 11.6 Å². The minimum atomic E-state index is -0.243. The van der Waals surface area contributed by atoms with Crippen LogP contribution in [0.4, 0.5) is 8.78 Å². The highest BCUT2D eigenvalue weighted by molar-refractivity contribution is 9.10. The van der Waals surface area contributed by atoms with Crippen LogP contribution in [0.3, 0.4) is 0 Å². The molecule has 6 heteroatoms. The van der Waals surface area contributed by atoms with Gasteiger partial charge in [-0.3, -0.25) is 0 Å². The van der Waals surface area contributed by atoms with Crippen molar-refractivity contribution in [3.63, 3.8) is 0 Å². The zero-order valence-corrected chi connectivity index (χ0v) is 21.1. The average molecular weight is 547 g/mol.